The minimum absolute atomic E-state index is 0.379. The molecular weight excluding hydrogens is 170 g/mol. The summed E-state index contributed by atoms with van der Waals surface area (Å²) in [4.78, 5) is 10.7. The Hall–Kier alpha value is -1.71. The number of rotatable bonds is 2. The van der Waals surface area contributed by atoms with Gasteiger partial charge in [-0.2, -0.15) is 0 Å². The molecule has 0 saturated carbocycles. The molecule has 70 valence electrons. The summed E-state index contributed by atoms with van der Waals surface area (Å²) in [5.41, 5.74) is 6.08. The highest BCUT2D eigenvalue weighted by Gasteiger charge is 2.06. The van der Waals surface area contributed by atoms with Gasteiger partial charge in [0.2, 0.25) is 0 Å². The molecule has 4 nitrogen and oxygen atoms in total. The lowest BCUT2D eigenvalue weighted by Gasteiger charge is -2.07. The zero-order valence-corrected chi connectivity index (χ0v) is 7.53. The fourth-order valence-corrected chi connectivity index (χ4v) is 0.923. The molecule has 2 N–H and O–H groups in total. The third-order valence-electron chi connectivity index (χ3n) is 1.44. The van der Waals surface area contributed by atoms with Gasteiger partial charge in [0.1, 0.15) is 0 Å². The maximum Gasteiger partial charge on any atom is 0.308 e. The summed E-state index contributed by atoms with van der Waals surface area (Å²) in [5, 5.41) is 0. The summed E-state index contributed by atoms with van der Waals surface area (Å²) in [6.45, 7) is 1.33. The predicted molar refractivity (Wildman–Crippen MR) is 48.7 cm³/mol. The van der Waals surface area contributed by atoms with Gasteiger partial charge in [0.15, 0.2) is 11.5 Å². The van der Waals surface area contributed by atoms with Crippen LogP contribution in [0, 0.1) is 0 Å². The number of anilines is 1. The first-order chi connectivity index (χ1) is 6.13. The van der Waals surface area contributed by atoms with Crippen molar-refractivity contribution in [3.05, 3.63) is 18.2 Å². The van der Waals surface area contributed by atoms with E-state index in [1.54, 1.807) is 18.2 Å². The predicted octanol–water partition coefficient (Wildman–Crippen LogP) is 1.20. The molecule has 0 fully saturated rings. The summed E-state index contributed by atoms with van der Waals surface area (Å²) in [6, 6.07) is 4.83. The molecule has 0 radical (unpaired) electrons. The topological polar surface area (TPSA) is 61.6 Å². The largest absolute Gasteiger partial charge is 0.493 e. The summed E-state index contributed by atoms with van der Waals surface area (Å²) in [7, 11) is 1.49. The lowest BCUT2D eigenvalue weighted by molar-refractivity contribution is -0.132. The zero-order chi connectivity index (χ0) is 9.84. The number of esters is 1. The summed E-state index contributed by atoms with van der Waals surface area (Å²) >= 11 is 0. The van der Waals surface area contributed by atoms with Gasteiger partial charge in [0.05, 0.1) is 7.11 Å². The van der Waals surface area contributed by atoms with Crippen molar-refractivity contribution < 1.29 is 14.3 Å². The van der Waals surface area contributed by atoms with E-state index in [0.717, 1.165) is 0 Å². The van der Waals surface area contributed by atoms with Gasteiger partial charge in [-0.1, -0.05) is 0 Å². The summed E-state index contributed by atoms with van der Waals surface area (Å²) in [6.07, 6.45) is 0. The molecule has 1 aromatic carbocycles. The third-order valence-corrected chi connectivity index (χ3v) is 1.44. The van der Waals surface area contributed by atoms with Gasteiger partial charge in [-0.3, -0.25) is 4.79 Å². The molecule has 4 heteroatoms. The van der Waals surface area contributed by atoms with E-state index in [0.29, 0.717) is 17.2 Å². The van der Waals surface area contributed by atoms with Crippen molar-refractivity contribution in [2.75, 3.05) is 12.8 Å². The van der Waals surface area contributed by atoms with Crippen LogP contribution in [0.4, 0.5) is 5.69 Å². The first-order valence-corrected chi connectivity index (χ1v) is 3.75. The van der Waals surface area contributed by atoms with Crippen LogP contribution in [0.3, 0.4) is 0 Å². The van der Waals surface area contributed by atoms with Crippen LogP contribution < -0.4 is 15.2 Å². The average molecular weight is 181 g/mol. The summed E-state index contributed by atoms with van der Waals surface area (Å²) in [5.74, 6) is 0.447. The number of carbonyl (C=O) groups excluding carboxylic acids is 1. The molecule has 0 aliphatic heterocycles. The van der Waals surface area contributed by atoms with Gasteiger partial charge in [0.25, 0.3) is 0 Å². The number of benzene rings is 1. The smallest absolute Gasteiger partial charge is 0.308 e. The van der Waals surface area contributed by atoms with Crippen molar-refractivity contribution in [1.82, 2.24) is 0 Å². The van der Waals surface area contributed by atoms with Crippen molar-refractivity contribution in [3.63, 3.8) is 0 Å². The Morgan fingerprint density at radius 2 is 2.08 bits per heavy atom. The number of nitrogen functional groups attached to an aromatic ring is 1. The number of carbonyl (C=O) groups is 1. The Kier molecular flexibility index (Phi) is 2.74. The van der Waals surface area contributed by atoms with Gasteiger partial charge in [-0.15, -0.1) is 0 Å². The van der Waals surface area contributed by atoms with Gasteiger partial charge in [-0.25, -0.2) is 0 Å². The molecule has 0 amide bonds. The molecule has 0 atom stereocenters. The van der Waals surface area contributed by atoms with Crippen molar-refractivity contribution >= 4 is 11.7 Å². The van der Waals surface area contributed by atoms with Gasteiger partial charge in [-0.05, 0) is 12.1 Å². The molecule has 0 saturated heterocycles. The Balaban J connectivity index is 2.99. The number of hydrogen-bond acceptors (Lipinski definition) is 4. The van der Waals surface area contributed by atoms with Gasteiger partial charge in [0, 0.05) is 18.7 Å². The molecule has 0 unspecified atom stereocenters. The van der Waals surface area contributed by atoms with Crippen molar-refractivity contribution in [1.29, 1.82) is 0 Å². The monoisotopic (exact) mass is 181 g/mol. The van der Waals surface area contributed by atoms with E-state index in [1.165, 1.54) is 14.0 Å². The number of nitrogens with two attached hydrogens (primary N) is 1. The number of methoxy groups -OCH3 is 1. The van der Waals surface area contributed by atoms with Crippen LogP contribution in [-0.2, 0) is 4.79 Å². The molecule has 1 aromatic rings. The van der Waals surface area contributed by atoms with E-state index in [1.807, 2.05) is 0 Å². The van der Waals surface area contributed by atoms with Gasteiger partial charge >= 0.3 is 5.97 Å². The highest BCUT2D eigenvalue weighted by molar-refractivity contribution is 5.71. The first-order valence-electron chi connectivity index (χ1n) is 3.75. The fraction of sp³-hybridized carbons (Fsp3) is 0.222. The number of ether oxygens (including phenoxy) is 2. The van der Waals surface area contributed by atoms with Crippen LogP contribution in [0.5, 0.6) is 11.5 Å². The lowest BCUT2D eigenvalue weighted by atomic mass is 10.3. The second-order valence-corrected chi connectivity index (χ2v) is 2.50. The van der Waals surface area contributed by atoms with Crippen LogP contribution in [0.1, 0.15) is 6.92 Å². The average Bonchev–Trinajstić information content (AvgIpc) is 2.07. The van der Waals surface area contributed by atoms with E-state index in [2.05, 4.69) is 0 Å². The standard InChI is InChI=1S/C9H11NO3/c1-6(11)13-8-4-3-7(10)5-9(8)12-2/h3-5H,10H2,1-2H3. The first kappa shape index (κ1) is 9.38. The zero-order valence-electron chi connectivity index (χ0n) is 7.53. The summed E-state index contributed by atoms with van der Waals surface area (Å²) < 4.78 is 9.84. The SMILES string of the molecule is COc1cc(N)ccc1OC(C)=O. The van der Waals surface area contributed by atoms with Crippen LogP contribution >= 0.6 is 0 Å². The van der Waals surface area contributed by atoms with Crippen molar-refractivity contribution in [2.45, 2.75) is 6.92 Å². The molecule has 0 bridgehead atoms. The minimum Gasteiger partial charge on any atom is -0.493 e. The Labute approximate surface area is 76.3 Å². The van der Waals surface area contributed by atoms with Crippen molar-refractivity contribution in [2.24, 2.45) is 0 Å². The quantitative estimate of drug-likeness (QED) is 0.423. The maximum atomic E-state index is 10.7. The van der Waals surface area contributed by atoms with E-state index < -0.39 is 0 Å². The highest BCUT2D eigenvalue weighted by atomic mass is 16.6. The van der Waals surface area contributed by atoms with Crippen LogP contribution in [0.25, 0.3) is 0 Å². The van der Waals surface area contributed by atoms with E-state index in [-0.39, 0.29) is 5.97 Å². The Morgan fingerprint density at radius 3 is 2.62 bits per heavy atom. The molecule has 0 aliphatic rings. The van der Waals surface area contributed by atoms with E-state index in [4.69, 9.17) is 15.2 Å². The fourth-order valence-electron chi connectivity index (χ4n) is 0.923. The third kappa shape index (κ3) is 2.37. The molecule has 13 heavy (non-hydrogen) atoms. The van der Waals surface area contributed by atoms with Gasteiger partial charge < -0.3 is 15.2 Å². The molecule has 0 spiro atoms. The van der Waals surface area contributed by atoms with E-state index in [9.17, 15) is 4.79 Å². The molecule has 0 heterocycles. The Morgan fingerprint density at radius 1 is 1.38 bits per heavy atom. The molecular formula is C9H11NO3. The van der Waals surface area contributed by atoms with Crippen LogP contribution in [0.15, 0.2) is 18.2 Å². The normalized spacial score (nSPS) is 9.38. The van der Waals surface area contributed by atoms with Crippen LogP contribution in [-0.4, -0.2) is 13.1 Å². The van der Waals surface area contributed by atoms with Crippen molar-refractivity contribution in [3.8, 4) is 11.5 Å². The van der Waals surface area contributed by atoms with Crippen LogP contribution in [0.2, 0.25) is 0 Å². The highest BCUT2D eigenvalue weighted by Crippen LogP contribution is 2.28. The minimum atomic E-state index is -0.386. The molecule has 0 aromatic heterocycles. The maximum absolute atomic E-state index is 10.7. The second kappa shape index (κ2) is 3.80. The molecule has 1 rings (SSSR count). The lowest BCUT2D eigenvalue weighted by Crippen LogP contribution is -2.03. The molecule has 0 aliphatic carbocycles. The second-order valence-electron chi connectivity index (χ2n) is 2.50. The Bertz CT molecular complexity index is 323. The van der Waals surface area contributed by atoms with E-state index >= 15 is 0 Å². The number of hydrogen-bond donors (Lipinski definition) is 1.